The predicted molar refractivity (Wildman–Crippen MR) is 85.7 cm³/mol. The second-order valence-electron chi connectivity index (χ2n) is 4.92. The number of sulfonamides is 1. The summed E-state index contributed by atoms with van der Waals surface area (Å²) in [6.45, 7) is 0.677. The van der Waals surface area contributed by atoms with Crippen LogP contribution in [0.2, 0.25) is 0 Å². The number of rotatable bonds is 9. The van der Waals surface area contributed by atoms with Gasteiger partial charge in [0, 0.05) is 6.42 Å². The van der Waals surface area contributed by atoms with Crippen LogP contribution in [0.3, 0.4) is 0 Å². The molecule has 0 radical (unpaired) electrons. The van der Waals surface area contributed by atoms with Crippen LogP contribution in [0.4, 0.5) is 11.4 Å². The smallest absolute Gasteiger partial charge is 0.229 e. The predicted octanol–water partition coefficient (Wildman–Crippen LogP) is 1.91. The van der Waals surface area contributed by atoms with Crippen molar-refractivity contribution in [2.75, 3.05) is 22.8 Å². The number of carbonyl (C=O) groups excluding carboxylic acids is 1. The zero-order valence-corrected chi connectivity index (χ0v) is 13.1. The fourth-order valence-electron chi connectivity index (χ4n) is 1.88. The van der Waals surface area contributed by atoms with Gasteiger partial charge in [0.15, 0.2) is 0 Å². The number of carbonyl (C=O) groups is 1. The minimum Gasteiger partial charge on any atom is -0.330 e. The van der Waals surface area contributed by atoms with E-state index in [9.17, 15) is 13.2 Å². The van der Waals surface area contributed by atoms with E-state index in [1.807, 2.05) is 0 Å². The number of anilines is 2. The van der Waals surface area contributed by atoms with Gasteiger partial charge in [0.2, 0.25) is 15.9 Å². The lowest BCUT2D eigenvalue weighted by Crippen LogP contribution is -2.15. The minimum atomic E-state index is -3.38. The van der Waals surface area contributed by atoms with E-state index in [0.717, 1.165) is 31.9 Å². The van der Waals surface area contributed by atoms with Crippen molar-refractivity contribution >= 4 is 27.3 Å². The molecule has 0 aromatic heterocycles. The number of nitrogens with one attached hydrogen (secondary N) is 2. The second-order valence-corrected chi connectivity index (χ2v) is 6.67. The Morgan fingerprint density at radius 1 is 1.10 bits per heavy atom. The number of hydrogen-bond acceptors (Lipinski definition) is 4. The van der Waals surface area contributed by atoms with Crippen LogP contribution >= 0.6 is 0 Å². The van der Waals surface area contributed by atoms with Crippen molar-refractivity contribution in [2.24, 2.45) is 5.73 Å². The van der Waals surface area contributed by atoms with Gasteiger partial charge in [0.25, 0.3) is 0 Å². The molecule has 0 bridgehead atoms. The molecule has 0 heterocycles. The summed E-state index contributed by atoms with van der Waals surface area (Å²) in [7, 11) is -3.38. The Morgan fingerprint density at radius 2 is 1.71 bits per heavy atom. The molecule has 4 N–H and O–H groups in total. The van der Waals surface area contributed by atoms with Gasteiger partial charge in [0.05, 0.1) is 17.6 Å². The number of nitrogens with two attached hydrogens (primary N) is 1. The molecule has 1 rings (SSSR count). The summed E-state index contributed by atoms with van der Waals surface area (Å²) >= 11 is 0. The van der Waals surface area contributed by atoms with Crippen molar-refractivity contribution in [1.82, 2.24) is 0 Å². The van der Waals surface area contributed by atoms with E-state index in [1.54, 1.807) is 24.3 Å². The van der Waals surface area contributed by atoms with Crippen LogP contribution in [0.5, 0.6) is 0 Å². The van der Waals surface area contributed by atoms with Crippen molar-refractivity contribution in [3.05, 3.63) is 24.3 Å². The molecule has 118 valence electrons. The van der Waals surface area contributed by atoms with E-state index < -0.39 is 10.0 Å². The van der Waals surface area contributed by atoms with Gasteiger partial charge in [0.1, 0.15) is 0 Å². The molecular weight excluding hydrogens is 290 g/mol. The van der Waals surface area contributed by atoms with E-state index in [4.69, 9.17) is 5.73 Å². The van der Waals surface area contributed by atoms with Crippen LogP contribution in [0.1, 0.15) is 32.1 Å². The normalized spacial score (nSPS) is 11.1. The fourth-order valence-corrected chi connectivity index (χ4v) is 2.45. The van der Waals surface area contributed by atoms with Crippen molar-refractivity contribution in [1.29, 1.82) is 0 Å². The standard InChI is InChI=1S/C14H23N3O3S/c1-21(19,20)17-13-9-6-5-8-12(13)16-14(18)10-4-2-3-7-11-15/h5-6,8-9,17H,2-4,7,10-11,15H2,1H3,(H,16,18). The van der Waals surface area contributed by atoms with E-state index in [0.29, 0.717) is 24.3 Å². The Bertz CT molecular complexity index is 558. The molecule has 0 unspecified atom stereocenters. The molecule has 1 amide bonds. The Morgan fingerprint density at radius 3 is 2.33 bits per heavy atom. The summed E-state index contributed by atoms with van der Waals surface area (Å²) in [5.41, 5.74) is 6.24. The monoisotopic (exact) mass is 313 g/mol. The third-order valence-corrected chi connectivity index (χ3v) is 3.45. The fraction of sp³-hybridized carbons (Fsp3) is 0.500. The SMILES string of the molecule is CS(=O)(=O)Nc1ccccc1NC(=O)CCCCCCN. The van der Waals surface area contributed by atoms with Crippen LogP contribution in [0.25, 0.3) is 0 Å². The van der Waals surface area contributed by atoms with E-state index >= 15 is 0 Å². The Kier molecular flexibility index (Phi) is 7.18. The highest BCUT2D eigenvalue weighted by atomic mass is 32.2. The van der Waals surface area contributed by atoms with Gasteiger partial charge in [-0.2, -0.15) is 0 Å². The molecule has 7 heteroatoms. The molecule has 0 aliphatic heterocycles. The summed E-state index contributed by atoms with van der Waals surface area (Å²) in [5.74, 6) is -0.120. The number of hydrogen-bond donors (Lipinski definition) is 3. The Balaban J connectivity index is 2.52. The quantitative estimate of drug-likeness (QED) is 0.606. The topological polar surface area (TPSA) is 101 Å². The molecule has 1 aromatic carbocycles. The van der Waals surface area contributed by atoms with Crippen LogP contribution in [-0.2, 0) is 14.8 Å². The average molecular weight is 313 g/mol. The molecule has 0 fully saturated rings. The van der Waals surface area contributed by atoms with Crippen LogP contribution in [0.15, 0.2) is 24.3 Å². The highest BCUT2D eigenvalue weighted by Gasteiger charge is 2.09. The van der Waals surface area contributed by atoms with Gasteiger partial charge in [-0.1, -0.05) is 25.0 Å². The van der Waals surface area contributed by atoms with Gasteiger partial charge in [-0.25, -0.2) is 8.42 Å². The molecular formula is C14H23N3O3S. The van der Waals surface area contributed by atoms with Crippen molar-refractivity contribution in [3.8, 4) is 0 Å². The first kappa shape index (κ1) is 17.5. The van der Waals surface area contributed by atoms with Gasteiger partial charge < -0.3 is 11.1 Å². The molecule has 0 saturated heterocycles. The van der Waals surface area contributed by atoms with Gasteiger partial charge in [-0.05, 0) is 31.5 Å². The largest absolute Gasteiger partial charge is 0.330 e. The lowest BCUT2D eigenvalue weighted by atomic mass is 10.1. The maximum atomic E-state index is 11.8. The molecule has 0 aliphatic carbocycles. The zero-order valence-electron chi connectivity index (χ0n) is 12.3. The molecule has 1 aromatic rings. The first-order valence-corrected chi connectivity index (χ1v) is 8.88. The number of unbranched alkanes of at least 4 members (excludes halogenated alkanes) is 3. The summed E-state index contributed by atoms with van der Waals surface area (Å²) in [6.07, 6.45) is 5.25. The maximum Gasteiger partial charge on any atom is 0.229 e. The first-order chi connectivity index (χ1) is 9.92. The minimum absolute atomic E-state index is 0.120. The number of para-hydroxylation sites is 2. The van der Waals surface area contributed by atoms with Crippen LogP contribution < -0.4 is 15.8 Å². The third kappa shape index (κ3) is 7.67. The highest BCUT2D eigenvalue weighted by molar-refractivity contribution is 7.92. The van der Waals surface area contributed by atoms with Gasteiger partial charge in [-0.3, -0.25) is 9.52 Å². The second kappa shape index (κ2) is 8.63. The third-order valence-electron chi connectivity index (χ3n) is 2.85. The van der Waals surface area contributed by atoms with Crippen LogP contribution in [0, 0.1) is 0 Å². The number of benzene rings is 1. The van der Waals surface area contributed by atoms with E-state index in [1.165, 1.54) is 0 Å². The summed E-state index contributed by atoms with van der Waals surface area (Å²) in [4.78, 5) is 11.8. The molecule has 0 spiro atoms. The van der Waals surface area contributed by atoms with Crippen LogP contribution in [-0.4, -0.2) is 27.1 Å². The van der Waals surface area contributed by atoms with Gasteiger partial charge in [-0.15, -0.1) is 0 Å². The molecule has 6 nitrogen and oxygen atoms in total. The summed E-state index contributed by atoms with van der Waals surface area (Å²) in [6, 6.07) is 6.72. The lowest BCUT2D eigenvalue weighted by molar-refractivity contribution is -0.116. The highest BCUT2D eigenvalue weighted by Crippen LogP contribution is 2.22. The molecule has 0 saturated carbocycles. The summed E-state index contributed by atoms with van der Waals surface area (Å²) in [5, 5.41) is 2.73. The van der Waals surface area contributed by atoms with Crippen molar-refractivity contribution in [3.63, 3.8) is 0 Å². The summed E-state index contributed by atoms with van der Waals surface area (Å²) < 4.78 is 24.9. The lowest BCUT2D eigenvalue weighted by Gasteiger charge is -2.11. The van der Waals surface area contributed by atoms with Crippen molar-refractivity contribution in [2.45, 2.75) is 32.1 Å². The van der Waals surface area contributed by atoms with E-state index in [2.05, 4.69) is 10.0 Å². The Labute approximate surface area is 126 Å². The maximum absolute atomic E-state index is 11.8. The molecule has 0 atom stereocenters. The molecule has 21 heavy (non-hydrogen) atoms. The Hall–Kier alpha value is -1.60. The zero-order chi connectivity index (χ0) is 15.7. The van der Waals surface area contributed by atoms with E-state index in [-0.39, 0.29) is 5.91 Å². The number of amides is 1. The average Bonchev–Trinajstić information content (AvgIpc) is 2.39. The van der Waals surface area contributed by atoms with Crippen molar-refractivity contribution < 1.29 is 13.2 Å². The van der Waals surface area contributed by atoms with Gasteiger partial charge >= 0.3 is 0 Å². The molecule has 0 aliphatic rings. The first-order valence-electron chi connectivity index (χ1n) is 6.99.